The maximum Gasteiger partial charge on any atom is 0.235 e. The van der Waals surface area contributed by atoms with Crippen LogP contribution in [0.4, 0.5) is 0 Å². The van der Waals surface area contributed by atoms with Crippen LogP contribution in [-0.4, -0.2) is 15.5 Å². The maximum absolute atomic E-state index is 11.6. The van der Waals surface area contributed by atoms with Crippen LogP contribution in [0.3, 0.4) is 0 Å². The predicted molar refractivity (Wildman–Crippen MR) is 45.0 cm³/mol. The van der Waals surface area contributed by atoms with E-state index >= 15 is 0 Å². The number of hydrogen-bond donors (Lipinski definition) is 0. The van der Waals surface area contributed by atoms with Crippen molar-refractivity contribution in [3.63, 3.8) is 0 Å². The number of nitrogens with zero attached hydrogens (tertiary/aromatic N) is 2. The van der Waals surface area contributed by atoms with Gasteiger partial charge in [-0.2, -0.15) is 0 Å². The van der Waals surface area contributed by atoms with Crippen molar-refractivity contribution in [2.45, 2.75) is 26.2 Å². The molecule has 0 amide bonds. The van der Waals surface area contributed by atoms with Crippen LogP contribution in [0.1, 0.15) is 30.4 Å². The third-order valence-electron chi connectivity index (χ3n) is 2.20. The van der Waals surface area contributed by atoms with Gasteiger partial charge < -0.3 is 0 Å². The molecule has 0 aliphatic heterocycles. The summed E-state index contributed by atoms with van der Waals surface area (Å²) in [5, 5.41) is 0. The van der Waals surface area contributed by atoms with Gasteiger partial charge in [-0.1, -0.05) is 6.92 Å². The highest BCUT2D eigenvalue weighted by Gasteiger charge is 2.31. The minimum atomic E-state index is 0.226. The molecule has 1 aliphatic carbocycles. The molecular weight excluding hydrogens is 152 g/mol. The summed E-state index contributed by atoms with van der Waals surface area (Å²) in [6.45, 7) is 2.01. The number of aryl methyl sites for hydroxylation is 1. The zero-order valence-electron chi connectivity index (χ0n) is 7.16. The molecule has 0 N–H and O–H groups in total. The van der Waals surface area contributed by atoms with E-state index in [9.17, 15) is 4.79 Å². The van der Waals surface area contributed by atoms with Gasteiger partial charge in [-0.05, 0) is 12.8 Å². The van der Waals surface area contributed by atoms with Crippen LogP contribution < -0.4 is 0 Å². The first-order valence-electron chi connectivity index (χ1n) is 4.39. The van der Waals surface area contributed by atoms with Crippen molar-refractivity contribution in [3.8, 4) is 0 Å². The Morgan fingerprint density at radius 1 is 1.75 bits per heavy atom. The van der Waals surface area contributed by atoms with Crippen LogP contribution in [0.5, 0.6) is 0 Å². The first-order valence-corrected chi connectivity index (χ1v) is 4.39. The Bertz CT molecular complexity index is 299. The van der Waals surface area contributed by atoms with Gasteiger partial charge in [0.1, 0.15) is 5.82 Å². The van der Waals surface area contributed by atoms with E-state index in [1.54, 1.807) is 17.0 Å². The van der Waals surface area contributed by atoms with E-state index in [1.807, 2.05) is 6.92 Å². The number of hydrogen-bond acceptors (Lipinski definition) is 2. The van der Waals surface area contributed by atoms with Crippen LogP contribution >= 0.6 is 0 Å². The number of imidazole rings is 1. The quantitative estimate of drug-likeness (QED) is 0.663. The summed E-state index contributed by atoms with van der Waals surface area (Å²) in [5.74, 6) is 1.39. The van der Waals surface area contributed by atoms with Gasteiger partial charge >= 0.3 is 0 Å². The molecule has 1 heterocycles. The van der Waals surface area contributed by atoms with Crippen LogP contribution in [0.15, 0.2) is 12.4 Å². The molecule has 2 rings (SSSR count). The largest absolute Gasteiger partial charge is 0.274 e. The second-order valence-electron chi connectivity index (χ2n) is 3.18. The fourth-order valence-corrected chi connectivity index (χ4v) is 1.32. The molecule has 3 heteroatoms. The van der Waals surface area contributed by atoms with Gasteiger partial charge in [0, 0.05) is 24.7 Å². The van der Waals surface area contributed by atoms with E-state index in [4.69, 9.17) is 0 Å². The van der Waals surface area contributed by atoms with Crippen molar-refractivity contribution >= 4 is 5.91 Å². The lowest BCUT2D eigenvalue weighted by atomic mass is 10.3. The topological polar surface area (TPSA) is 34.9 Å². The maximum atomic E-state index is 11.6. The molecule has 1 aromatic heterocycles. The molecule has 0 spiro atoms. The van der Waals surface area contributed by atoms with E-state index in [2.05, 4.69) is 4.98 Å². The summed E-state index contributed by atoms with van der Waals surface area (Å²) in [4.78, 5) is 15.7. The summed E-state index contributed by atoms with van der Waals surface area (Å²) in [5.41, 5.74) is 0. The normalized spacial score (nSPS) is 16.4. The van der Waals surface area contributed by atoms with Crippen molar-refractivity contribution in [1.29, 1.82) is 0 Å². The van der Waals surface area contributed by atoms with Crippen LogP contribution in [0, 0.1) is 5.92 Å². The lowest BCUT2D eigenvalue weighted by Gasteiger charge is -2.02. The molecular formula is C9H12N2O. The van der Waals surface area contributed by atoms with E-state index in [1.165, 1.54) is 0 Å². The van der Waals surface area contributed by atoms with Gasteiger partial charge in [0.15, 0.2) is 0 Å². The Balaban J connectivity index is 2.25. The first kappa shape index (κ1) is 7.53. The Morgan fingerprint density at radius 2 is 2.50 bits per heavy atom. The van der Waals surface area contributed by atoms with Crippen molar-refractivity contribution in [2.75, 3.05) is 0 Å². The molecule has 0 radical (unpaired) electrons. The van der Waals surface area contributed by atoms with Crippen molar-refractivity contribution in [1.82, 2.24) is 9.55 Å². The molecule has 0 saturated heterocycles. The van der Waals surface area contributed by atoms with Gasteiger partial charge in [-0.15, -0.1) is 0 Å². The minimum Gasteiger partial charge on any atom is -0.274 e. The molecule has 64 valence electrons. The average molecular weight is 164 g/mol. The predicted octanol–water partition coefficient (Wildman–Crippen LogP) is 1.50. The van der Waals surface area contributed by atoms with E-state index in [-0.39, 0.29) is 11.8 Å². The highest BCUT2D eigenvalue weighted by molar-refractivity contribution is 5.83. The summed E-state index contributed by atoms with van der Waals surface area (Å²) in [7, 11) is 0. The van der Waals surface area contributed by atoms with Crippen LogP contribution in [0.25, 0.3) is 0 Å². The van der Waals surface area contributed by atoms with Gasteiger partial charge in [-0.25, -0.2) is 4.98 Å². The molecule has 1 aliphatic rings. The lowest BCUT2D eigenvalue weighted by molar-refractivity contribution is 0.0882. The minimum absolute atomic E-state index is 0.226. The fourth-order valence-electron chi connectivity index (χ4n) is 1.32. The SMILES string of the molecule is CCc1nccn1C(=O)C1CC1. The average Bonchev–Trinajstić information content (AvgIpc) is 2.82. The van der Waals surface area contributed by atoms with Gasteiger partial charge in [-0.3, -0.25) is 9.36 Å². The van der Waals surface area contributed by atoms with Crippen molar-refractivity contribution in [2.24, 2.45) is 5.92 Å². The number of aromatic nitrogens is 2. The van der Waals surface area contributed by atoms with Crippen LogP contribution in [-0.2, 0) is 6.42 Å². The zero-order valence-corrected chi connectivity index (χ0v) is 7.16. The van der Waals surface area contributed by atoms with E-state index in [0.717, 1.165) is 25.1 Å². The Labute approximate surface area is 71.4 Å². The standard InChI is InChI=1S/C9H12N2O/c1-2-8-10-5-6-11(8)9(12)7-3-4-7/h5-7H,2-4H2,1H3. The molecule has 3 nitrogen and oxygen atoms in total. The molecule has 0 bridgehead atoms. The Kier molecular flexibility index (Phi) is 1.71. The summed E-state index contributed by atoms with van der Waals surface area (Å²) in [6, 6.07) is 0. The van der Waals surface area contributed by atoms with E-state index in [0.29, 0.717) is 0 Å². The Hall–Kier alpha value is -1.12. The molecule has 0 atom stereocenters. The second-order valence-corrected chi connectivity index (χ2v) is 3.18. The Morgan fingerprint density at radius 3 is 3.08 bits per heavy atom. The molecule has 1 aromatic rings. The van der Waals surface area contributed by atoms with Crippen LogP contribution in [0.2, 0.25) is 0 Å². The summed E-state index contributed by atoms with van der Waals surface area (Å²) < 4.78 is 1.69. The summed E-state index contributed by atoms with van der Waals surface area (Å²) >= 11 is 0. The molecule has 0 aromatic carbocycles. The second kappa shape index (κ2) is 2.73. The smallest absolute Gasteiger partial charge is 0.235 e. The van der Waals surface area contributed by atoms with Gasteiger partial charge in [0.2, 0.25) is 5.91 Å². The molecule has 1 saturated carbocycles. The zero-order chi connectivity index (χ0) is 8.55. The number of carbonyl (C=O) groups excluding carboxylic acids is 1. The molecule has 12 heavy (non-hydrogen) atoms. The van der Waals surface area contributed by atoms with Crippen molar-refractivity contribution in [3.05, 3.63) is 18.2 Å². The number of carbonyl (C=O) groups is 1. The monoisotopic (exact) mass is 164 g/mol. The van der Waals surface area contributed by atoms with Crippen molar-refractivity contribution < 1.29 is 4.79 Å². The molecule has 0 unspecified atom stereocenters. The third kappa shape index (κ3) is 1.15. The third-order valence-corrected chi connectivity index (χ3v) is 2.20. The van der Waals surface area contributed by atoms with Gasteiger partial charge in [0.25, 0.3) is 0 Å². The fraction of sp³-hybridized carbons (Fsp3) is 0.556. The lowest BCUT2D eigenvalue weighted by Crippen LogP contribution is -2.14. The van der Waals surface area contributed by atoms with E-state index < -0.39 is 0 Å². The highest BCUT2D eigenvalue weighted by Crippen LogP contribution is 2.30. The highest BCUT2D eigenvalue weighted by atomic mass is 16.2. The summed E-state index contributed by atoms with van der Waals surface area (Å²) in [6.07, 6.45) is 6.39. The van der Waals surface area contributed by atoms with Gasteiger partial charge in [0.05, 0.1) is 0 Å². The molecule has 1 fully saturated rings. The first-order chi connectivity index (χ1) is 5.83. The number of rotatable bonds is 2.